The number of halogens is 1. The Morgan fingerprint density at radius 2 is 2.10 bits per heavy atom. The quantitative estimate of drug-likeness (QED) is 0.432. The van der Waals surface area contributed by atoms with Crippen LogP contribution in [0.5, 0.6) is 0 Å². The molecule has 8 heteroatoms. The smallest absolute Gasteiger partial charge is 0.270 e. The minimum absolute atomic E-state index is 0.0260. The number of nitro benzene ring substituents is 1. The fourth-order valence-electron chi connectivity index (χ4n) is 4.15. The molecule has 31 heavy (non-hydrogen) atoms. The van der Waals surface area contributed by atoms with E-state index >= 15 is 0 Å². The fraction of sp³-hybridized carbons (Fsp3) is 0.348. The third-order valence-corrected chi connectivity index (χ3v) is 5.91. The van der Waals surface area contributed by atoms with Crippen LogP contribution in [0.4, 0.5) is 10.1 Å². The van der Waals surface area contributed by atoms with E-state index in [1.165, 1.54) is 24.3 Å². The SMILES string of the molecule is C[C@@]1(CNC(=O)C[C@H](c2ccc(F)cc2)c2c[nH]c3ccc([N+](=O)[O-])cc23)CCCO1. The third kappa shape index (κ3) is 4.59. The lowest BCUT2D eigenvalue weighted by atomic mass is 9.87. The summed E-state index contributed by atoms with van der Waals surface area (Å²) in [5, 5.41) is 14.9. The van der Waals surface area contributed by atoms with Gasteiger partial charge in [0, 0.05) is 54.7 Å². The first-order chi connectivity index (χ1) is 14.8. The molecule has 0 spiro atoms. The van der Waals surface area contributed by atoms with Crippen molar-refractivity contribution in [2.45, 2.75) is 37.7 Å². The number of ether oxygens (including phenoxy) is 1. The molecule has 2 N–H and O–H groups in total. The lowest BCUT2D eigenvalue weighted by Crippen LogP contribution is -2.40. The number of carbonyl (C=O) groups excluding carboxylic acids is 1. The molecule has 1 fully saturated rings. The van der Waals surface area contributed by atoms with Gasteiger partial charge in [0.25, 0.3) is 5.69 Å². The first-order valence-electron chi connectivity index (χ1n) is 10.3. The van der Waals surface area contributed by atoms with E-state index in [-0.39, 0.29) is 29.4 Å². The van der Waals surface area contributed by atoms with Crippen molar-refractivity contribution < 1.29 is 18.8 Å². The van der Waals surface area contributed by atoms with Crippen LogP contribution in [0, 0.1) is 15.9 Å². The van der Waals surface area contributed by atoms with E-state index in [0.29, 0.717) is 18.5 Å². The lowest BCUT2D eigenvalue weighted by molar-refractivity contribution is -0.384. The number of carbonyl (C=O) groups is 1. The monoisotopic (exact) mass is 425 g/mol. The number of nitro groups is 1. The van der Waals surface area contributed by atoms with Crippen molar-refractivity contribution in [3.8, 4) is 0 Å². The Bertz CT molecular complexity index is 1100. The molecule has 1 saturated heterocycles. The average Bonchev–Trinajstić information content (AvgIpc) is 3.37. The molecule has 0 bridgehead atoms. The maximum atomic E-state index is 13.5. The van der Waals surface area contributed by atoms with Gasteiger partial charge in [-0.2, -0.15) is 0 Å². The molecule has 2 heterocycles. The first kappa shape index (κ1) is 21.0. The number of nitrogens with one attached hydrogen (secondary N) is 2. The van der Waals surface area contributed by atoms with Gasteiger partial charge in [0.15, 0.2) is 0 Å². The van der Waals surface area contributed by atoms with Crippen molar-refractivity contribution in [3.63, 3.8) is 0 Å². The van der Waals surface area contributed by atoms with E-state index in [1.807, 2.05) is 6.92 Å². The molecular formula is C23H24FN3O4. The Kier molecular flexibility index (Phi) is 5.73. The minimum atomic E-state index is -0.446. The molecule has 3 aromatic rings. The molecule has 0 aliphatic carbocycles. The van der Waals surface area contributed by atoms with Gasteiger partial charge in [-0.1, -0.05) is 12.1 Å². The van der Waals surface area contributed by atoms with Crippen LogP contribution >= 0.6 is 0 Å². The van der Waals surface area contributed by atoms with Gasteiger partial charge in [0.2, 0.25) is 5.91 Å². The van der Waals surface area contributed by atoms with E-state index in [1.54, 1.807) is 24.4 Å². The summed E-state index contributed by atoms with van der Waals surface area (Å²) in [4.78, 5) is 26.8. The summed E-state index contributed by atoms with van der Waals surface area (Å²) in [5.41, 5.74) is 1.86. The number of aromatic amines is 1. The number of benzene rings is 2. The van der Waals surface area contributed by atoms with Crippen molar-refractivity contribution >= 4 is 22.5 Å². The molecule has 162 valence electrons. The largest absolute Gasteiger partial charge is 0.373 e. The number of aromatic nitrogens is 1. The second-order valence-electron chi connectivity index (χ2n) is 8.22. The second kappa shape index (κ2) is 8.47. The molecule has 2 aromatic carbocycles. The van der Waals surface area contributed by atoms with Crippen molar-refractivity contribution in [2.75, 3.05) is 13.2 Å². The molecule has 1 aromatic heterocycles. The maximum absolute atomic E-state index is 13.5. The standard InChI is InChI=1S/C23H24FN3O4/c1-23(9-2-10-31-23)14-26-22(28)12-18(15-3-5-16(24)6-4-15)20-13-25-21-8-7-17(27(29)30)11-19(20)21/h3-8,11,13,18,25H,2,9-10,12,14H2,1H3,(H,26,28)/t18-,23+/m1/s1. The summed E-state index contributed by atoms with van der Waals surface area (Å²) in [7, 11) is 0. The highest BCUT2D eigenvalue weighted by molar-refractivity contribution is 5.87. The van der Waals surface area contributed by atoms with Gasteiger partial charge in [-0.15, -0.1) is 0 Å². The number of non-ortho nitro benzene ring substituents is 1. The van der Waals surface area contributed by atoms with Crippen molar-refractivity contribution in [1.29, 1.82) is 0 Å². The van der Waals surface area contributed by atoms with Gasteiger partial charge in [-0.3, -0.25) is 14.9 Å². The maximum Gasteiger partial charge on any atom is 0.270 e. The number of H-pyrrole nitrogens is 1. The number of rotatable bonds is 7. The Hall–Kier alpha value is -3.26. The zero-order chi connectivity index (χ0) is 22.0. The summed E-state index contributed by atoms with van der Waals surface area (Å²) in [5.74, 6) is -0.924. The number of hydrogen-bond donors (Lipinski definition) is 2. The van der Waals surface area contributed by atoms with E-state index in [2.05, 4.69) is 10.3 Å². The van der Waals surface area contributed by atoms with Gasteiger partial charge >= 0.3 is 0 Å². The van der Waals surface area contributed by atoms with Crippen LogP contribution in [-0.2, 0) is 9.53 Å². The summed E-state index contributed by atoms with van der Waals surface area (Å²) in [6.45, 7) is 3.09. The highest BCUT2D eigenvalue weighted by Gasteiger charge is 2.31. The molecule has 2 atom stereocenters. The summed E-state index contributed by atoms with van der Waals surface area (Å²) in [6.07, 6.45) is 3.74. The van der Waals surface area contributed by atoms with Crippen LogP contribution < -0.4 is 5.32 Å². The van der Waals surface area contributed by atoms with Crippen LogP contribution in [0.2, 0.25) is 0 Å². The van der Waals surface area contributed by atoms with Crippen LogP contribution in [0.25, 0.3) is 10.9 Å². The van der Waals surface area contributed by atoms with Gasteiger partial charge in [0.05, 0.1) is 10.5 Å². The van der Waals surface area contributed by atoms with Gasteiger partial charge in [-0.05, 0) is 49.1 Å². The van der Waals surface area contributed by atoms with Crippen molar-refractivity contribution in [1.82, 2.24) is 10.3 Å². The van der Waals surface area contributed by atoms with Gasteiger partial charge < -0.3 is 15.0 Å². The number of fused-ring (bicyclic) bond motifs is 1. The average molecular weight is 425 g/mol. The van der Waals surface area contributed by atoms with Crippen molar-refractivity contribution in [3.05, 3.63) is 75.7 Å². The van der Waals surface area contributed by atoms with Gasteiger partial charge in [-0.25, -0.2) is 4.39 Å². The summed E-state index contributed by atoms with van der Waals surface area (Å²) >= 11 is 0. The highest BCUT2D eigenvalue weighted by Crippen LogP contribution is 2.35. The fourth-order valence-corrected chi connectivity index (χ4v) is 4.15. The topological polar surface area (TPSA) is 97.3 Å². The van der Waals surface area contributed by atoms with Gasteiger partial charge in [0.1, 0.15) is 5.82 Å². The molecule has 1 amide bonds. The number of nitrogens with zero attached hydrogens (tertiary/aromatic N) is 1. The van der Waals surface area contributed by atoms with Crippen LogP contribution in [0.15, 0.2) is 48.7 Å². The molecule has 0 saturated carbocycles. The Morgan fingerprint density at radius 1 is 1.32 bits per heavy atom. The number of hydrogen-bond acceptors (Lipinski definition) is 4. The first-order valence-corrected chi connectivity index (χ1v) is 10.3. The molecule has 7 nitrogen and oxygen atoms in total. The molecule has 1 aliphatic rings. The zero-order valence-corrected chi connectivity index (χ0v) is 17.2. The lowest BCUT2D eigenvalue weighted by Gasteiger charge is -2.24. The Balaban J connectivity index is 1.64. The summed E-state index contributed by atoms with van der Waals surface area (Å²) < 4.78 is 19.2. The van der Waals surface area contributed by atoms with E-state index < -0.39 is 10.8 Å². The normalized spacial score (nSPS) is 19.4. The predicted molar refractivity (Wildman–Crippen MR) is 114 cm³/mol. The van der Waals surface area contributed by atoms with Crippen LogP contribution in [0.3, 0.4) is 0 Å². The molecular weight excluding hydrogens is 401 g/mol. The third-order valence-electron chi connectivity index (χ3n) is 5.91. The highest BCUT2D eigenvalue weighted by atomic mass is 19.1. The number of amides is 1. The van der Waals surface area contributed by atoms with Crippen LogP contribution in [0.1, 0.15) is 43.2 Å². The predicted octanol–water partition coefficient (Wildman–Crippen LogP) is 4.42. The molecule has 0 radical (unpaired) electrons. The van der Waals surface area contributed by atoms with Crippen molar-refractivity contribution in [2.24, 2.45) is 0 Å². The Labute approximate surface area is 178 Å². The Morgan fingerprint density at radius 3 is 2.77 bits per heavy atom. The van der Waals surface area contributed by atoms with E-state index in [9.17, 15) is 19.3 Å². The zero-order valence-electron chi connectivity index (χ0n) is 17.2. The summed E-state index contributed by atoms with van der Waals surface area (Å²) in [6, 6.07) is 10.6. The molecule has 1 aliphatic heterocycles. The van der Waals surface area contributed by atoms with E-state index in [0.717, 1.165) is 29.5 Å². The minimum Gasteiger partial charge on any atom is -0.373 e. The van der Waals surface area contributed by atoms with E-state index in [4.69, 9.17) is 4.74 Å². The van der Waals surface area contributed by atoms with Crippen LogP contribution in [-0.4, -0.2) is 34.6 Å². The molecule has 4 rings (SSSR count). The second-order valence-corrected chi connectivity index (χ2v) is 8.22. The molecule has 0 unspecified atom stereocenters.